The van der Waals surface area contributed by atoms with E-state index < -0.39 is 0 Å². The molecule has 76 valence electrons. The Labute approximate surface area is 90.0 Å². The van der Waals surface area contributed by atoms with Crippen molar-refractivity contribution < 1.29 is 0 Å². The first-order valence-corrected chi connectivity index (χ1v) is 5.09. The summed E-state index contributed by atoms with van der Waals surface area (Å²) in [7, 11) is 0. The van der Waals surface area contributed by atoms with E-state index in [9.17, 15) is 0 Å². The Kier molecular flexibility index (Phi) is 2.77. The van der Waals surface area contributed by atoms with Crippen LogP contribution in [-0.2, 0) is 6.42 Å². The van der Waals surface area contributed by atoms with Crippen LogP contribution in [0.3, 0.4) is 0 Å². The fraction of sp³-hybridized carbons (Fsp3) is 0.231. The first-order chi connectivity index (χ1) is 7.25. The molecule has 1 heterocycles. The molecule has 0 saturated heterocycles. The van der Waals surface area contributed by atoms with E-state index in [0.717, 1.165) is 17.8 Å². The van der Waals surface area contributed by atoms with E-state index in [1.165, 1.54) is 11.1 Å². The molecule has 0 spiro atoms. The Hall–Kier alpha value is -1.70. The highest BCUT2D eigenvalue weighted by atomic mass is 15.1. The summed E-state index contributed by atoms with van der Waals surface area (Å²) >= 11 is 0. The minimum absolute atomic E-state index is 0.861. The van der Waals surface area contributed by atoms with E-state index in [-0.39, 0.29) is 0 Å². The average Bonchev–Trinajstić information content (AvgIpc) is 2.25. The summed E-state index contributed by atoms with van der Waals surface area (Å²) in [5.74, 6) is 0. The number of aromatic nitrogens is 2. The van der Waals surface area contributed by atoms with Gasteiger partial charge in [0.25, 0.3) is 0 Å². The van der Waals surface area contributed by atoms with E-state index in [1.54, 1.807) is 0 Å². The van der Waals surface area contributed by atoms with Crippen LogP contribution < -0.4 is 0 Å². The van der Waals surface area contributed by atoms with Gasteiger partial charge in [-0.1, -0.05) is 24.3 Å². The molecule has 0 saturated carbocycles. The van der Waals surface area contributed by atoms with Gasteiger partial charge in [-0.3, -0.25) is 0 Å². The van der Waals surface area contributed by atoms with Crippen molar-refractivity contribution in [3.8, 4) is 0 Å². The molecule has 15 heavy (non-hydrogen) atoms. The quantitative estimate of drug-likeness (QED) is 0.741. The largest absolute Gasteiger partial charge is 0.156 e. The van der Waals surface area contributed by atoms with Crippen LogP contribution in [-0.4, -0.2) is 10.2 Å². The van der Waals surface area contributed by atoms with Crippen molar-refractivity contribution in [2.75, 3.05) is 0 Å². The van der Waals surface area contributed by atoms with E-state index in [0.29, 0.717) is 0 Å². The fourth-order valence-electron chi connectivity index (χ4n) is 1.52. The lowest BCUT2D eigenvalue weighted by Gasteiger charge is -2.04. The van der Waals surface area contributed by atoms with Crippen LogP contribution in [0.2, 0.25) is 0 Å². The predicted molar refractivity (Wildman–Crippen MR) is 60.8 cm³/mol. The summed E-state index contributed by atoms with van der Waals surface area (Å²) in [5.41, 5.74) is 4.61. The molecule has 0 atom stereocenters. The first kappa shape index (κ1) is 9.84. The SMILES string of the molecule is Cc1ccc(Cc2ccccc2C)nn1. The summed E-state index contributed by atoms with van der Waals surface area (Å²) in [6, 6.07) is 12.4. The van der Waals surface area contributed by atoms with Crippen molar-refractivity contribution in [2.45, 2.75) is 20.3 Å². The van der Waals surface area contributed by atoms with Crippen molar-refractivity contribution in [3.05, 3.63) is 58.9 Å². The van der Waals surface area contributed by atoms with Gasteiger partial charge in [0.15, 0.2) is 0 Å². The molecule has 2 aromatic rings. The van der Waals surface area contributed by atoms with Gasteiger partial charge in [-0.25, -0.2) is 0 Å². The molecular weight excluding hydrogens is 184 g/mol. The number of hydrogen-bond acceptors (Lipinski definition) is 2. The standard InChI is InChI=1S/C13H14N2/c1-10-5-3-4-6-12(10)9-13-8-7-11(2)14-15-13/h3-8H,9H2,1-2H3. The molecule has 1 aromatic heterocycles. The van der Waals surface area contributed by atoms with Crippen LogP contribution in [0.1, 0.15) is 22.5 Å². The summed E-state index contributed by atoms with van der Waals surface area (Å²) in [5, 5.41) is 8.22. The highest BCUT2D eigenvalue weighted by Crippen LogP contribution is 2.11. The van der Waals surface area contributed by atoms with Crippen LogP contribution in [0, 0.1) is 13.8 Å². The third kappa shape index (κ3) is 2.40. The normalized spacial score (nSPS) is 10.3. The maximum Gasteiger partial charge on any atom is 0.0675 e. The van der Waals surface area contributed by atoms with E-state index in [4.69, 9.17) is 0 Å². The van der Waals surface area contributed by atoms with Gasteiger partial charge in [-0.2, -0.15) is 10.2 Å². The summed E-state index contributed by atoms with van der Waals surface area (Å²) in [4.78, 5) is 0. The topological polar surface area (TPSA) is 25.8 Å². The molecule has 1 aromatic carbocycles. The number of nitrogens with zero attached hydrogens (tertiary/aromatic N) is 2. The van der Waals surface area contributed by atoms with Crippen molar-refractivity contribution in [2.24, 2.45) is 0 Å². The maximum atomic E-state index is 4.16. The monoisotopic (exact) mass is 198 g/mol. The van der Waals surface area contributed by atoms with Crippen molar-refractivity contribution in [1.29, 1.82) is 0 Å². The fourth-order valence-corrected chi connectivity index (χ4v) is 1.52. The maximum absolute atomic E-state index is 4.16. The van der Waals surface area contributed by atoms with Gasteiger partial charge < -0.3 is 0 Å². The lowest BCUT2D eigenvalue weighted by Crippen LogP contribution is -1.97. The Morgan fingerprint density at radius 3 is 2.40 bits per heavy atom. The van der Waals surface area contributed by atoms with Gasteiger partial charge in [0, 0.05) is 6.42 Å². The number of hydrogen-bond donors (Lipinski definition) is 0. The van der Waals surface area contributed by atoms with Crippen LogP contribution in [0.15, 0.2) is 36.4 Å². The molecule has 2 rings (SSSR count). The molecule has 2 heteroatoms. The van der Waals surface area contributed by atoms with E-state index >= 15 is 0 Å². The highest BCUT2D eigenvalue weighted by molar-refractivity contribution is 5.29. The van der Waals surface area contributed by atoms with Gasteiger partial charge in [0.1, 0.15) is 0 Å². The third-order valence-corrected chi connectivity index (χ3v) is 2.49. The minimum atomic E-state index is 0.861. The number of rotatable bonds is 2. The molecule has 0 unspecified atom stereocenters. The highest BCUT2D eigenvalue weighted by Gasteiger charge is 2.00. The summed E-state index contributed by atoms with van der Waals surface area (Å²) in [6.07, 6.45) is 0.861. The van der Waals surface area contributed by atoms with Crippen LogP contribution in [0.25, 0.3) is 0 Å². The first-order valence-electron chi connectivity index (χ1n) is 5.09. The molecule has 0 N–H and O–H groups in total. The van der Waals surface area contributed by atoms with Gasteiger partial charge >= 0.3 is 0 Å². The molecule has 0 aliphatic carbocycles. The Morgan fingerprint density at radius 1 is 0.933 bits per heavy atom. The van der Waals surface area contributed by atoms with Crippen molar-refractivity contribution >= 4 is 0 Å². The van der Waals surface area contributed by atoms with Crippen molar-refractivity contribution in [1.82, 2.24) is 10.2 Å². The molecule has 0 amide bonds. The molecule has 2 nitrogen and oxygen atoms in total. The van der Waals surface area contributed by atoms with Gasteiger partial charge in [0.2, 0.25) is 0 Å². The zero-order valence-corrected chi connectivity index (χ0v) is 9.07. The molecule has 0 radical (unpaired) electrons. The average molecular weight is 198 g/mol. The number of benzene rings is 1. The second-order valence-corrected chi connectivity index (χ2v) is 3.77. The molecule has 0 fully saturated rings. The Balaban J connectivity index is 2.22. The molecular formula is C13H14N2. The van der Waals surface area contributed by atoms with Crippen LogP contribution in [0.5, 0.6) is 0 Å². The smallest absolute Gasteiger partial charge is 0.0675 e. The second kappa shape index (κ2) is 4.22. The lowest BCUT2D eigenvalue weighted by molar-refractivity contribution is 0.904. The Morgan fingerprint density at radius 2 is 1.73 bits per heavy atom. The minimum Gasteiger partial charge on any atom is -0.156 e. The van der Waals surface area contributed by atoms with Crippen LogP contribution >= 0.6 is 0 Å². The zero-order chi connectivity index (χ0) is 10.7. The molecule has 0 bridgehead atoms. The lowest BCUT2D eigenvalue weighted by atomic mass is 10.0. The van der Waals surface area contributed by atoms with Gasteiger partial charge in [-0.05, 0) is 37.1 Å². The van der Waals surface area contributed by atoms with Crippen molar-refractivity contribution in [3.63, 3.8) is 0 Å². The molecule has 0 aliphatic rings. The van der Waals surface area contributed by atoms with Gasteiger partial charge in [0.05, 0.1) is 11.4 Å². The summed E-state index contributed by atoms with van der Waals surface area (Å²) < 4.78 is 0. The third-order valence-electron chi connectivity index (χ3n) is 2.49. The predicted octanol–water partition coefficient (Wildman–Crippen LogP) is 2.68. The Bertz CT molecular complexity index is 446. The van der Waals surface area contributed by atoms with E-state index in [1.807, 2.05) is 19.1 Å². The zero-order valence-electron chi connectivity index (χ0n) is 9.07. The van der Waals surface area contributed by atoms with E-state index in [2.05, 4.69) is 41.4 Å². The summed E-state index contributed by atoms with van der Waals surface area (Å²) in [6.45, 7) is 4.07. The van der Waals surface area contributed by atoms with Gasteiger partial charge in [-0.15, -0.1) is 0 Å². The van der Waals surface area contributed by atoms with Crippen LogP contribution in [0.4, 0.5) is 0 Å². The number of aryl methyl sites for hydroxylation is 2. The molecule has 0 aliphatic heterocycles. The second-order valence-electron chi connectivity index (χ2n) is 3.77.